The molecule has 0 aliphatic rings. The number of anilines is 1. The predicted octanol–water partition coefficient (Wildman–Crippen LogP) is 1.80. The molecule has 7 heteroatoms. The number of nitrogen functional groups attached to an aromatic ring is 1. The molecule has 0 fully saturated rings. The van der Waals surface area contributed by atoms with E-state index in [4.69, 9.17) is 22.1 Å². The average molecular weight is 295 g/mol. The number of likely N-dealkylation sites (N-methyl/N-ethyl adjacent to an activating group) is 1. The van der Waals surface area contributed by atoms with Crippen LogP contribution in [0.25, 0.3) is 0 Å². The lowest BCUT2D eigenvalue weighted by molar-refractivity contribution is 0.0769. The van der Waals surface area contributed by atoms with Gasteiger partial charge in [-0.15, -0.1) is 0 Å². The molecule has 3 N–H and O–H groups in total. The fourth-order valence-electron chi connectivity index (χ4n) is 1.61. The van der Waals surface area contributed by atoms with Crippen molar-refractivity contribution < 1.29 is 9.53 Å². The van der Waals surface area contributed by atoms with Crippen LogP contribution >= 0.6 is 11.6 Å². The lowest BCUT2D eigenvalue weighted by Gasteiger charge is -2.17. The smallest absolute Gasteiger partial charge is 0.273 e. The molecule has 20 heavy (non-hydrogen) atoms. The van der Waals surface area contributed by atoms with E-state index in [-0.39, 0.29) is 11.6 Å². The standard InChI is InChI=1S/C13H15ClN4O2/c1-18(13(19)12-10(15)8-16-17-12)6-7-20-11-5-3-2-4-9(11)14/h2-5,8H,6-7,15H2,1H3,(H,16,17). The lowest BCUT2D eigenvalue weighted by Crippen LogP contribution is -2.31. The number of benzene rings is 1. The van der Waals surface area contributed by atoms with Gasteiger partial charge in [-0.25, -0.2) is 0 Å². The minimum atomic E-state index is -0.234. The molecule has 0 bridgehead atoms. The summed E-state index contributed by atoms with van der Waals surface area (Å²) in [4.78, 5) is 13.5. The van der Waals surface area contributed by atoms with Gasteiger partial charge in [0.1, 0.15) is 18.1 Å². The van der Waals surface area contributed by atoms with E-state index < -0.39 is 0 Å². The van der Waals surface area contributed by atoms with Crippen molar-refractivity contribution >= 4 is 23.2 Å². The summed E-state index contributed by atoms with van der Waals surface area (Å²) in [7, 11) is 1.67. The van der Waals surface area contributed by atoms with Crippen LogP contribution in [0.5, 0.6) is 5.75 Å². The van der Waals surface area contributed by atoms with Gasteiger partial charge in [0.25, 0.3) is 5.91 Å². The Kier molecular flexibility index (Phi) is 4.47. The minimum absolute atomic E-state index is 0.234. The van der Waals surface area contributed by atoms with Crippen LogP contribution < -0.4 is 10.5 Å². The van der Waals surface area contributed by atoms with Crippen LogP contribution in [-0.4, -0.2) is 41.2 Å². The van der Waals surface area contributed by atoms with Gasteiger partial charge in [-0.3, -0.25) is 9.89 Å². The molecule has 0 saturated carbocycles. The summed E-state index contributed by atoms with van der Waals surface area (Å²) in [6.45, 7) is 0.739. The van der Waals surface area contributed by atoms with E-state index in [9.17, 15) is 4.79 Å². The highest BCUT2D eigenvalue weighted by Gasteiger charge is 2.16. The number of carbonyl (C=O) groups is 1. The first-order valence-corrected chi connectivity index (χ1v) is 6.39. The maximum Gasteiger partial charge on any atom is 0.273 e. The van der Waals surface area contributed by atoms with Crippen LogP contribution in [0.1, 0.15) is 10.5 Å². The van der Waals surface area contributed by atoms with Crippen molar-refractivity contribution in [3.8, 4) is 5.75 Å². The van der Waals surface area contributed by atoms with Gasteiger partial charge >= 0.3 is 0 Å². The minimum Gasteiger partial charge on any atom is -0.490 e. The van der Waals surface area contributed by atoms with Crippen LogP contribution in [0.4, 0.5) is 5.69 Å². The number of halogens is 1. The molecule has 0 aliphatic heterocycles. The SMILES string of the molecule is CN(CCOc1ccccc1Cl)C(=O)c1[nH]ncc1N. The number of ether oxygens (including phenoxy) is 1. The first-order chi connectivity index (χ1) is 9.59. The summed E-state index contributed by atoms with van der Waals surface area (Å²) in [5, 5.41) is 6.83. The first-order valence-electron chi connectivity index (χ1n) is 6.01. The number of amides is 1. The second-order valence-corrected chi connectivity index (χ2v) is 4.61. The molecule has 2 rings (SSSR count). The number of aromatic nitrogens is 2. The summed E-state index contributed by atoms with van der Waals surface area (Å²) in [6, 6.07) is 7.18. The zero-order chi connectivity index (χ0) is 14.5. The predicted molar refractivity (Wildman–Crippen MR) is 76.9 cm³/mol. The molecule has 1 aromatic heterocycles. The van der Waals surface area contributed by atoms with Crippen molar-refractivity contribution in [1.82, 2.24) is 15.1 Å². The fourth-order valence-corrected chi connectivity index (χ4v) is 1.80. The highest BCUT2D eigenvalue weighted by atomic mass is 35.5. The molecule has 0 atom stereocenters. The molecule has 0 saturated heterocycles. The zero-order valence-corrected chi connectivity index (χ0v) is 11.7. The number of H-pyrrole nitrogens is 1. The molecule has 0 spiro atoms. The van der Waals surface area contributed by atoms with Crippen molar-refractivity contribution in [2.45, 2.75) is 0 Å². The molecular weight excluding hydrogens is 280 g/mol. The Morgan fingerprint density at radius 1 is 1.50 bits per heavy atom. The van der Waals surface area contributed by atoms with Gasteiger partial charge in [-0.1, -0.05) is 23.7 Å². The van der Waals surface area contributed by atoms with Gasteiger partial charge in [-0.05, 0) is 12.1 Å². The molecule has 0 unspecified atom stereocenters. The average Bonchev–Trinajstić information content (AvgIpc) is 2.86. The van der Waals surface area contributed by atoms with Gasteiger partial charge in [-0.2, -0.15) is 5.10 Å². The Morgan fingerprint density at radius 2 is 2.25 bits per heavy atom. The quantitative estimate of drug-likeness (QED) is 0.880. The van der Waals surface area contributed by atoms with Gasteiger partial charge in [0.15, 0.2) is 0 Å². The number of aromatic amines is 1. The number of nitrogens with zero attached hydrogens (tertiary/aromatic N) is 2. The van der Waals surface area contributed by atoms with Crippen LogP contribution in [-0.2, 0) is 0 Å². The summed E-state index contributed by atoms with van der Waals surface area (Å²) >= 11 is 5.97. The fraction of sp³-hybridized carbons (Fsp3) is 0.231. The van der Waals surface area contributed by atoms with E-state index in [0.29, 0.717) is 29.6 Å². The van der Waals surface area contributed by atoms with Gasteiger partial charge in [0.05, 0.1) is 23.5 Å². The molecule has 2 aromatic rings. The lowest BCUT2D eigenvalue weighted by atomic mass is 10.3. The summed E-state index contributed by atoms with van der Waals surface area (Å²) in [5.41, 5.74) is 6.24. The molecule has 0 radical (unpaired) electrons. The largest absolute Gasteiger partial charge is 0.490 e. The molecule has 106 valence electrons. The van der Waals surface area contributed by atoms with Crippen LogP contribution in [0.15, 0.2) is 30.5 Å². The number of hydrogen-bond acceptors (Lipinski definition) is 4. The number of carbonyl (C=O) groups excluding carboxylic acids is 1. The maximum atomic E-state index is 12.0. The normalized spacial score (nSPS) is 10.3. The van der Waals surface area contributed by atoms with Crippen molar-refractivity contribution in [3.05, 3.63) is 41.2 Å². The van der Waals surface area contributed by atoms with Crippen molar-refractivity contribution in [3.63, 3.8) is 0 Å². The van der Waals surface area contributed by atoms with Gasteiger partial charge < -0.3 is 15.4 Å². The third-order valence-corrected chi connectivity index (χ3v) is 3.06. The maximum absolute atomic E-state index is 12.0. The Balaban J connectivity index is 1.87. The van der Waals surface area contributed by atoms with Crippen molar-refractivity contribution in [2.24, 2.45) is 0 Å². The molecule has 6 nitrogen and oxygen atoms in total. The highest BCUT2D eigenvalue weighted by Crippen LogP contribution is 2.22. The molecule has 1 aromatic carbocycles. The third-order valence-electron chi connectivity index (χ3n) is 2.75. The van der Waals surface area contributed by atoms with Crippen LogP contribution in [0.2, 0.25) is 5.02 Å². The summed E-state index contributed by atoms with van der Waals surface area (Å²) in [5.74, 6) is 0.360. The molecular formula is C13H15ClN4O2. The monoisotopic (exact) mass is 294 g/mol. The van der Waals surface area contributed by atoms with Gasteiger partial charge in [0, 0.05) is 7.05 Å². The zero-order valence-electron chi connectivity index (χ0n) is 11.0. The van der Waals surface area contributed by atoms with Gasteiger partial charge in [0.2, 0.25) is 0 Å². The van der Waals surface area contributed by atoms with E-state index in [2.05, 4.69) is 10.2 Å². The Morgan fingerprint density at radius 3 is 2.90 bits per heavy atom. The molecule has 1 heterocycles. The first kappa shape index (κ1) is 14.2. The Hall–Kier alpha value is -2.21. The van der Waals surface area contributed by atoms with E-state index >= 15 is 0 Å². The Bertz CT molecular complexity index is 600. The molecule has 0 aliphatic carbocycles. The second kappa shape index (κ2) is 6.29. The van der Waals surface area contributed by atoms with Crippen LogP contribution in [0.3, 0.4) is 0 Å². The number of rotatable bonds is 5. The number of nitrogens with two attached hydrogens (primary N) is 1. The number of hydrogen-bond donors (Lipinski definition) is 2. The van der Waals surface area contributed by atoms with E-state index in [0.717, 1.165) is 0 Å². The number of nitrogens with one attached hydrogen (secondary N) is 1. The number of para-hydroxylation sites is 1. The van der Waals surface area contributed by atoms with E-state index in [1.54, 1.807) is 19.2 Å². The second-order valence-electron chi connectivity index (χ2n) is 4.21. The summed E-state index contributed by atoms with van der Waals surface area (Å²) < 4.78 is 5.52. The van der Waals surface area contributed by atoms with Crippen LogP contribution in [0, 0.1) is 0 Å². The third kappa shape index (κ3) is 3.21. The van der Waals surface area contributed by atoms with Crippen molar-refractivity contribution in [2.75, 3.05) is 25.9 Å². The highest BCUT2D eigenvalue weighted by molar-refractivity contribution is 6.32. The van der Waals surface area contributed by atoms with E-state index in [1.165, 1.54) is 11.1 Å². The summed E-state index contributed by atoms with van der Waals surface area (Å²) in [6.07, 6.45) is 1.40. The topological polar surface area (TPSA) is 84.2 Å². The Labute approximate surface area is 121 Å². The van der Waals surface area contributed by atoms with E-state index in [1.807, 2.05) is 12.1 Å². The van der Waals surface area contributed by atoms with Crippen molar-refractivity contribution in [1.29, 1.82) is 0 Å². The molecule has 1 amide bonds.